The van der Waals surface area contributed by atoms with Crippen LogP contribution >= 0.6 is 0 Å². The second-order valence-electron chi connectivity index (χ2n) is 7.39. The lowest BCUT2D eigenvalue weighted by atomic mass is 10.0. The fourth-order valence-corrected chi connectivity index (χ4v) is 2.67. The molecule has 5 heteroatoms. The normalized spacial score (nSPS) is 14.0. The van der Waals surface area contributed by atoms with Gasteiger partial charge in [-0.15, -0.1) is 0 Å². The number of nitrogens with zero attached hydrogens (tertiary/aromatic N) is 1. The second-order valence-corrected chi connectivity index (χ2v) is 7.39. The number of hydrogen-bond donors (Lipinski definition) is 2. The Morgan fingerprint density at radius 2 is 1.96 bits per heavy atom. The molecule has 1 aliphatic rings. The summed E-state index contributed by atoms with van der Waals surface area (Å²) in [7, 11) is 0. The van der Waals surface area contributed by atoms with Crippen molar-refractivity contribution in [1.29, 1.82) is 0 Å². The molecule has 1 aromatic carbocycles. The molecule has 0 atom stereocenters. The van der Waals surface area contributed by atoms with Gasteiger partial charge < -0.3 is 10.1 Å². The summed E-state index contributed by atoms with van der Waals surface area (Å²) in [4.78, 5) is 16.0. The number of amides is 1. The zero-order valence-corrected chi connectivity index (χ0v) is 15.0. The predicted molar refractivity (Wildman–Crippen MR) is 99.8 cm³/mol. The molecule has 2 aromatic rings. The first-order valence-corrected chi connectivity index (χ1v) is 8.68. The van der Waals surface area contributed by atoms with Gasteiger partial charge in [0.15, 0.2) is 0 Å². The van der Waals surface area contributed by atoms with Crippen LogP contribution in [0.25, 0.3) is 0 Å². The Kier molecular flexibility index (Phi) is 4.93. The van der Waals surface area contributed by atoms with Crippen LogP contribution in [0.2, 0.25) is 0 Å². The summed E-state index contributed by atoms with van der Waals surface area (Å²) >= 11 is 0. The van der Waals surface area contributed by atoms with E-state index < -0.39 is 11.7 Å². The molecule has 2 N–H and O–H groups in total. The number of nitrogens with one attached hydrogen (secondary N) is 2. The summed E-state index contributed by atoms with van der Waals surface area (Å²) in [5.74, 6) is 1.20. The topological polar surface area (TPSA) is 63.2 Å². The van der Waals surface area contributed by atoms with Crippen LogP contribution < -0.4 is 10.6 Å². The molecule has 25 heavy (non-hydrogen) atoms. The third kappa shape index (κ3) is 5.21. The molecule has 1 heterocycles. The zero-order valence-electron chi connectivity index (χ0n) is 15.0. The van der Waals surface area contributed by atoms with Crippen molar-refractivity contribution in [2.24, 2.45) is 0 Å². The Morgan fingerprint density at radius 1 is 1.20 bits per heavy atom. The number of rotatable bonds is 5. The van der Waals surface area contributed by atoms with Gasteiger partial charge >= 0.3 is 6.09 Å². The number of anilines is 2. The maximum atomic E-state index is 11.7. The lowest BCUT2D eigenvalue weighted by Gasteiger charge is -2.19. The highest BCUT2D eigenvalue weighted by molar-refractivity contribution is 5.83. The Hall–Kier alpha value is -2.56. The Morgan fingerprint density at radius 3 is 2.60 bits per heavy atom. The summed E-state index contributed by atoms with van der Waals surface area (Å²) in [5.41, 5.74) is 3.17. The van der Waals surface area contributed by atoms with E-state index in [1.807, 2.05) is 26.8 Å². The van der Waals surface area contributed by atoms with Gasteiger partial charge in [0.2, 0.25) is 0 Å². The molecular weight excluding hydrogens is 314 g/mol. The summed E-state index contributed by atoms with van der Waals surface area (Å²) in [6, 6.07) is 12.2. The van der Waals surface area contributed by atoms with Gasteiger partial charge in [-0.1, -0.05) is 24.3 Å². The van der Waals surface area contributed by atoms with E-state index in [0.29, 0.717) is 5.82 Å². The smallest absolute Gasteiger partial charge is 0.413 e. The third-order valence-corrected chi connectivity index (χ3v) is 3.95. The largest absolute Gasteiger partial charge is 0.444 e. The molecule has 5 nitrogen and oxygen atoms in total. The van der Waals surface area contributed by atoms with Crippen LogP contribution in [0.1, 0.15) is 50.7 Å². The number of carbonyl (C=O) groups is 1. The lowest BCUT2D eigenvalue weighted by Crippen LogP contribution is -2.27. The number of aromatic nitrogens is 1. The maximum absolute atomic E-state index is 11.7. The van der Waals surface area contributed by atoms with Crippen LogP contribution in [0.5, 0.6) is 0 Å². The fourth-order valence-electron chi connectivity index (χ4n) is 2.67. The summed E-state index contributed by atoms with van der Waals surface area (Å²) < 4.78 is 5.21. The minimum Gasteiger partial charge on any atom is -0.444 e. The highest BCUT2D eigenvalue weighted by Crippen LogP contribution is 2.41. The SMILES string of the molecule is CC(C)(C)OC(=O)Nc1ccc(NCc2ccccc2C2CC2)cn1. The zero-order chi connectivity index (χ0) is 17.9. The van der Waals surface area contributed by atoms with Crippen molar-refractivity contribution >= 4 is 17.6 Å². The van der Waals surface area contributed by atoms with E-state index in [4.69, 9.17) is 4.74 Å². The standard InChI is InChI=1S/C20H25N3O2/c1-20(2,3)25-19(24)23-18-11-10-16(13-22-18)21-12-15-6-4-5-7-17(15)14-8-9-14/h4-7,10-11,13-14,21H,8-9,12H2,1-3H3,(H,22,23,24). The Balaban J connectivity index is 1.55. The maximum Gasteiger partial charge on any atom is 0.413 e. The average Bonchev–Trinajstić information content (AvgIpc) is 3.37. The van der Waals surface area contributed by atoms with Crippen LogP contribution in [-0.2, 0) is 11.3 Å². The first kappa shape index (κ1) is 17.3. The molecule has 132 valence electrons. The van der Waals surface area contributed by atoms with Gasteiger partial charge in [-0.3, -0.25) is 5.32 Å². The van der Waals surface area contributed by atoms with E-state index in [-0.39, 0.29) is 0 Å². The summed E-state index contributed by atoms with van der Waals surface area (Å²) in [5, 5.41) is 6.03. The van der Waals surface area contributed by atoms with Crippen molar-refractivity contribution in [3.05, 3.63) is 53.7 Å². The summed E-state index contributed by atoms with van der Waals surface area (Å²) in [6.07, 6.45) is 3.80. The molecule has 0 spiro atoms. The average molecular weight is 339 g/mol. The molecule has 1 aromatic heterocycles. The lowest BCUT2D eigenvalue weighted by molar-refractivity contribution is 0.0635. The van der Waals surface area contributed by atoms with Crippen LogP contribution in [0.3, 0.4) is 0 Å². The molecule has 0 unspecified atom stereocenters. The number of hydrogen-bond acceptors (Lipinski definition) is 4. The van der Waals surface area contributed by atoms with Crippen molar-refractivity contribution in [3.8, 4) is 0 Å². The molecule has 1 amide bonds. The minimum absolute atomic E-state index is 0.471. The van der Waals surface area contributed by atoms with Crippen molar-refractivity contribution in [3.63, 3.8) is 0 Å². The first-order chi connectivity index (χ1) is 11.9. The van der Waals surface area contributed by atoms with Crippen LogP contribution in [0, 0.1) is 0 Å². The van der Waals surface area contributed by atoms with Crippen LogP contribution in [0.4, 0.5) is 16.3 Å². The Bertz CT molecular complexity index is 731. The van der Waals surface area contributed by atoms with E-state index >= 15 is 0 Å². The van der Waals surface area contributed by atoms with Gasteiger partial charge in [0.1, 0.15) is 11.4 Å². The predicted octanol–water partition coefficient (Wildman–Crippen LogP) is 4.92. The number of pyridine rings is 1. The van der Waals surface area contributed by atoms with Crippen molar-refractivity contribution in [2.45, 2.75) is 51.7 Å². The highest BCUT2D eigenvalue weighted by Gasteiger charge is 2.25. The van der Waals surface area contributed by atoms with Gasteiger partial charge in [0.05, 0.1) is 11.9 Å². The van der Waals surface area contributed by atoms with Crippen molar-refractivity contribution in [2.75, 3.05) is 10.6 Å². The molecule has 0 aliphatic heterocycles. The van der Waals surface area contributed by atoms with Gasteiger partial charge in [-0.25, -0.2) is 9.78 Å². The van der Waals surface area contributed by atoms with Gasteiger partial charge in [0, 0.05) is 6.54 Å². The van der Waals surface area contributed by atoms with Crippen molar-refractivity contribution in [1.82, 2.24) is 4.98 Å². The molecule has 0 bridgehead atoms. The molecule has 0 radical (unpaired) electrons. The summed E-state index contributed by atoms with van der Waals surface area (Å²) in [6.45, 7) is 6.25. The van der Waals surface area contributed by atoms with E-state index in [2.05, 4.69) is 39.9 Å². The monoisotopic (exact) mass is 339 g/mol. The molecule has 3 rings (SSSR count). The van der Waals surface area contributed by atoms with Crippen LogP contribution in [-0.4, -0.2) is 16.7 Å². The molecule has 0 saturated heterocycles. The van der Waals surface area contributed by atoms with E-state index in [1.54, 1.807) is 12.3 Å². The van der Waals surface area contributed by atoms with Gasteiger partial charge in [-0.2, -0.15) is 0 Å². The van der Waals surface area contributed by atoms with Crippen molar-refractivity contribution < 1.29 is 9.53 Å². The molecule has 1 fully saturated rings. The highest BCUT2D eigenvalue weighted by atomic mass is 16.6. The number of ether oxygens (including phenoxy) is 1. The van der Waals surface area contributed by atoms with Gasteiger partial charge in [-0.05, 0) is 62.8 Å². The molecule has 1 aliphatic carbocycles. The third-order valence-electron chi connectivity index (χ3n) is 3.95. The minimum atomic E-state index is -0.527. The fraction of sp³-hybridized carbons (Fsp3) is 0.400. The van der Waals surface area contributed by atoms with Gasteiger partial charge in [0.25, 0.3) is 0 Å². The second kappa shape index (κ2) is 7.13. The van der Waals surface area contributed by atoms with E-state index in [0.717, 1.165) is 18.2 Å². The quantitative estimate of drug-likeness (QED) is 0.812. The van der Waals surface area contributed by atoms with E-state index in [1.165, 1.54) is 24.0 Å². The molecular formula is C20H25N3O2. The van der Waals surface area contributed by atoms with E-state index in [9.17, 15) is 4.79 Å². The number of carbonyl (C=O) groups excluding carboxylic acids is 1. The Labute approximate surface area is 148 Å². The molecule has 1 saturated carbocycles. The first-order valence-electron chi connectivity index (χ1n) is 8.68. The van der Waals surface area contributed by atoms with Crippen LogP contribution in [0.15, 0.2) is 42.6 Å². The number of benzene rings is 1.